The van der Waals surface area contributed by atoms with Crippen molar-refractivity contribution in [3.8, 4) is 0 Å². The van der Waals surface area contributed by atoms with Gasteiger partial charge in [-0.05, 0) is 67.9 Å². The number of hydrogen-bond acceptors (Lipinski definition) is 6. The Balaban J connectivity index is 1.38. The van der Waals surface area contributed by atoms with Gasteiger partial charge in [0, 0.05) is 36.1 Å². The number of nitrogens with zero attached hydrogens (tertiary/aromatic N) is 2. The van der Waals surface area contributed by atoms with Gasteiger partial charge in [-0.15, -0.1) is 0 Å². The summed E-state index contributed by atoms with van der Waals surface area (Å²) in [6.07, 6.45) is 3.28. The van der Waals surface area contributed by atoms with Gasteiger partial charge in [-0.2, -0.15) is 5.10 Å². The van der Waals surface area contributed by atoms with E-state index in [2.05, 4.69) is 10.4 Å². The van der Waals surface area contributed by atoms with Gasteiger partial charge in [0.15, 0.2) is 21.5 Å². The van der Waals surface area contributed by atoms with E-state index >= 15 is 0 Å². The highest BCUT2D eigenvalue weighted by molar-refractivity contribution is 7.92. The molecule has 2 aliphatic carbocycles. The van der Waals surface area contributed by atoms with Crippen LogP contribution in [-0.4, -0.2) is 45.2 Å². The minimum Gasteiger partial charge on any atom is -0.386 e. The van der Waals surface area contributed by atoms with Crippen LogP contribution in [0.1, 0.15) is 47.7 Å². The van der Waals surface area contributed by atoms with E-state index < -0.39 is 56.2 Å². The lowest BCUT2D eigenvalue weighted by atomic mass is 9.70. The van der Waals surface area contributed by atoms with E-state index in [1.165, 1.54) is 35.1 Å². The predicted octanol–water partition coefficient (Wildman–Crippen LogP) is 4.03. The number of carbonyl (C=O) groups excluding carboxylic acids is 1. The first-order valence-corrected chi connectivity index (χ1v) is 14.0. The summed E-state index contributed by atoms with van der Waals surface area (Å²) >= 11 is 6.28. The second-order valence-corrected chi connectivity index (χ2v) is 12.7. The van der Waals surface area contributed by atoms with E-state index in [0.29, 0.717) is 18.4 Å². The van der Waals surface area contributed by atoms with Crippen molar-refractivity contribution in [3.05, 3.63) is 76.6 Å². The third kappa shape index (κ3) is 4.51. The SMILES string of the molecule is Cn1cc(C(O)C2(O)C3CC[C@H]2CC(S(=O)(=O)c2cc(C(=O)Nc4ccc(F)c(F)c4)ccc2Cl)C3)cn1. The van der Waals surface area contributed by atoms with E-state index in [4.69, 9.17) is 11.6 Å². The summed E-state index contributed by atoms with van der Waals surface area (Å²) in [5, 5.41) is 28.2. The average molecular weight is 566 g/mol. The lowest BCUT2D eigenvalue weighted by Gasteiger charge is -2.45. The lowest BCUT2D eigenvalue weighted by molar-refractivity contribution is -0.144. The molecule has 2 saturated carbocycles. The normalized spacial score (nSPS) is 25.8. The van der Waals surface area contributed by atoms with Crippen LogP contribution in [0, 0.1) is 23.5 Å². The van der Waals surface area contributed by atoms with Crippen LogP contribution in [0.4, 0.5) is 14.5 Å². The van der Waals surface area contributed by atoms with Crippen molar-refractivity contribution >= 4 is 33.0 Å². The number of benzene rings is 2. The molecule has 12 heteroatoms. The van der Waals surface area contributed by atoms with Crippen molar-refractivity contribution in [1.29, 1.82) is 0 Å². The number of carbonyl (C=O) groups is 1. The van der Waals surface area contributed by atoms with Crippen molar-refractivity contribution in [2.75, 3.05) is 5.32 Å². The first-order valence-electron chi connectivity index (χ1n) is 12.1. The number of hydrogen-bond donors (Lipinski definition) is 3. The molecule has 1 heterocycles. The monoisotopic (exact) mass is 565 g/mol. The van der Waals surface area contributed by atoms with Gasteiger partial charge in [0.1, 0.15) is 11.7 Å². The number of aryl methyl sites for hydroxylation is 1. The maximum absolute atomic E-state index is 13.7. The Morgan fingerprint density at radius 3 is 2.45 bits per heavy atom. The fraction of sp³-hybridized carbons (Fsp3) is 0.385. The molecule has 0 spiro atoms. The standard InChI is InChI=1S/C26H26ClF2N3O5S/c1-32-13-15(12-30-32)24(33)26(35)16-3-4-17(26)10-19(9-16)38(36,37)23-8-14(2-6-20(23)27)25(34)31-18-5-7-21(28)22(29)11-18/h2,5-8,11-13,16-17,19,24,33,35H,3-4,9-10H2,1H3,(H,31,34)/t16-,17?,19?,24?,26?/m0/s1. The highest BCUT2D eigenvalue weighted by atomic mass is 35.5. The van der Waals surface area contributed by atoms with Crippen LogP contribution in [0.25, 0.3) is 0 Å². The summed E-state index contributed by atoms with van der Waals surface area (Å²) < 4.78 is 55.7. The quantitative estimate of drug-likeness (QED) is 0.415. The van der Waals surface area contributed by atoms with Crippen molar-refractivity contribution in [3.63, 3.8) is 0 Å². The Labute approximate surface area is 223 Å². The number of amides is 1. The average Bonchev–Trinajstić information content (AvgIpc) is 3.34. The highest BCUT2D eigenvalue weighted by Crippen LogP contribution is 2.56. The zero-order valence-corrected chi connectivity index (χ0v) is 21.9. The Hall–Kier alpha value is -2.86. The van der Waals surface area contributed by atoms with Crippen molar-refractivity contribution in [1.82, 2.24) is 9.78 Å². The van der Waals surface area contributed by atoms with Crippen LogP contribution in [0.5, 0.6) is 0 Å². The molecule has 2 aliphatic rings. The van der Waals surface area contributed by atoms with Crippen molar-refractivity contribution < 1.29 is 32.2 Å². The van der Waals surface area contributed by atoms with Gasteiger partial charge in [0.25, 0.3) is 5.91 Å². The first-order chi connectivity index (χ1) is 17.9. The molecule has 0 radical (unpaired) electrons. The topological polar surface area (TPSA) is 122 Å². The Bertz CT molecular complexity index is 1500. The molecule has 3 aromatic rings. The van der Waals surface area contributed by atoms with Crippen LogP contribution in [0.15, 0.2) is 53.7 Å². The number of sulfone groups is 1. The van der Waals surface area contributed by atoms with Gasteiger partial charge < -0.3 is 15.5 Å². The van der Waals surface area contributed by atoms with Gasteiger partial charge in [-0.25, -0.2) is 17.2 Å². The molecule has 5 atom stereocenters. The molecule has 202 valence electrons. The molecular weight excluding hydrogens is 540 g/mol. The number of nitrogens with one attached hydrogen (secondary N) is 1. The fourth-order valence-electron chi connectivity index (χ4n) is 5.91. The number of aliphatic hydroxyl groups excluding tert-OH is 1. The summed E-state index contributed by atoms with van der Waals surface area (Å²) in [7, 11) is -2.32. The molecule has 4 unspecified atom stereocenters. The molecule has 5 rings (SSSR count). The number of aromatic nitrogens is 2. The molecule has 3 N–H and O–H groups in total. The number of halogens is 3. The van der Waals surface area contributed by atoms with Gasteiger partial charge in [0.05, 0.1) is 21.4 Å². The zero-order chi connectivity index (χ0) is 27.4. The van der Waals surface area contributed by atoms with Crippen LogP contribution >= 0.6 is 11.6 Å². The second kappa shape index (κ2) is 9.71. The molecule has 2 bridgehead atoms. The van der Waals surface area contributed by atoms with Gasteiger partial charge in [-0.3, -0.25) is 9.48 Å². The van der Waals surface area contributed by atoms with Crippen molar-refractivity contribution in [2.24, 2.45) is 18.9 Å². The molecular formula is C26H26ClF2N3O5S. The van der Waals surface area contributed by atoms with E-state index in [9.17, 15) is 32.2 Å². The minimum atomic E-state index is -4.03. The number of anilines is 1. The van der Waals surface area contributed by atoms with Crippen LogP contribution in [0.2, 0.25) is 5.02 Å². The summed E-state index contributed by atoms with van der Waals surface area (Å²) in [6.45, 7) is 0. The van der Waals surface area contributed by atoms with Crippen LogP contribution in [-0.2, 0) is 16.9 Å². The number of fused-ring (bicyclic) bond motifs is 2. The molecule has 1 aromatic heterocycles. The molecule has 0 aliphatic heterocycles. The Kier molecular flexibility index (Phi) is 6.83. The van der Waals surface area contributed by atoms with E-state index in [0.717, 1.165) is 12.1 Å². The zero-order valence-electron chi connectivity index (χ0n) is 20.3. The molecule has 2 fully saturated rings. The third-order valence-corrected chi connectivity index (χ3v) is 10.5. The molecule has 38 heavy (non-hydrogen) atoms. The molecule has 2 aromatic carbocycles. The van der Waals surface area contributed by atoms with Crippen LogP contribution in [0.3, 0.4) is 0 Å². The van der Waals surface area contributed by atoms with E-state index in [1.54, 1.807) is 13.2 Å². The Morgan fingerprint density at radius 2 is 1.84 bits per heavy atom. The molecule has 0 saturated heterocycles. The summed E-state index contributed by atoms with van der Waals surface area (Å²) in [4.78, 5) is 12.5. The number of rotatable bonds is 6. The smallest absolute Gasteiger partial charge is 0.255 e. The van der Waals surface area contributed by atoms with Crippen LogP contribution < -0.4 is 5.32 Å². The first kappa shape index (κ1) is 26.7. The maximum Gasteiger partial charge on any atom is 0.255 e. The maximum atomic E-state index is 13.7. The molecule has 1 amide bonds. The second-order valence-electron chi connectivity index (χ2n) is 10.1. The third-order valence-electron chi connectivity index (χ3n) is 7.86. The number of aliphatic hydroxyl groups is 2. The largest absolute Gasteiger partial charge is 0.386 e. The van der Waals surface area contributed by atoms with E-state index in [-0.39, 0.29) is 34.0 Å². The Morgan fingerprint density at radius 1 is 1.16 bits per heavy atom. The lowest BCUT2D eigenvalue weighted by Crippen LogP contribution is -2.52. The van der Waals surface area contributed by atoms with Crippen molar-refractivity contribution in [2.45, 2.75) is 47.5 Å². The highest BCUT2D eigenvalue weighted by Gasteiger charge is 2.59. The summed E-state index contributed by atoms with van der Waals surface area (Å²) in [5.74, 6) is -3.85. The van der Waals surface area contributed by atoms with Gasteiger partial charge >= 0.3 is 0 Å². The predicted molar refractivity (Wildman–Crippen MR) is 135 cm³/mol. The summed E-state index contributed by atoms with van der Waals surface area (Å²) in [6, 6.07) is 6.67. The van der Waals surface area contributed by atoms with E-state index in [1.807, 2.05) is 0 Å². The molecule has 8 nitrogen and oxygen atoms in total. The summed E-state index contributed by atoms with van der Waals surface area (Å²) in [5.41, 5.74) is -1.04. The minimum absolute atomic E-state index is 0.00331. The fourth-order valence-corrected chi connectivity index (χ4v) is 8.31. The van der Waals surface area contributed by atoms with Gasteiger partial charge in [0.2, 0.25) is 0 Å². The van der Waals surface area contributed by atoms with Gasteiger partial charge in [-0.1, -0.05) is 11.6 Å².